The Labute approximate surface area is 82.7 Å². The molecule has 0 aromatic rings. The summed E-state index contributed by atoms with van der Waals surface area (Å²) in [7, 11) is 0. The second-order valence-corrected chi connectivity index (χ2v) is 2.67. The molecule has 0 aromatic carbocycles. The summed E-state index contributed by atoms with van der Waals surface area (Å²) in [6.45, 7) is 3.32. The van der Waals surface area contributed by atoms with Crippen LogP contribution in [-0.2, 0) is 0 Å². The van der Waals surface area contributed by atoms with Crippen molar-refractivity contribution in [3.8, 4) is 0 Å². The highest BCUT2D eigenvalue weighted by Crippen LogP contribution is 2.52. The van der Waals surface area contributed by atoms with Gasteiger partial charge in [-0.2, -0.15) is 39.5 Å². The molecule has 1 nitrogen and oxygen atoms in total. The molecule has 16 heavy (non-hydrogen) atoms. The lowest BCUT2D eigenvalue weighted by atomic mass is 10.0. The van der Waals surface area contributed by atoms with Crippen LogP contribution in [0, 0.1) is 6.57 Å². The van der Waals surface area contributed by atoms with E-state index in [1.165, 1.54) is 0 Å². The number of alkyl halides is 9. The van der Waals surface area contributed by atoms with Gasteiger partial charge in [-0.3, -0.25) is 0 Å². The van der Waals surface area contributed by atoms with Gasteiger partial charge in [0, 0.05) is 0 Å². The molecule has 0 rings (SSSR count). The predicted octanol–water partition coefficient (Wildman–Crippen LogP) is 3.37. The Bertz CT molecular complexity index is 296. The standard InChI is InChI=1S/C6H2F9N/c1-16-2-3(7,8)4(9,10)5(11,12)6(13,14)15/h2H2. The van der Waals surface area contributed by atoms with E-state index in [-0.39, 0.29) is 0 Å². The van der Waals surface area contributed by atoms with Crippen LogP contribution >= 0.6 is 0 Å². The lowest BCUT2D eigenvalue weighted by Gasteiger charge is -2.31. The van der Waals surface area contributed by atoms with Gasteiger partial charge in [-0.05, 0) is 0 Å². The Morgan fingerprint density at radius 3 is 1.38 bits per heavy atom. The van der Waals surface area contributed by atoms with Crippen molar-refractivity contribution in [3.05, 3.63) is 11.4 Å². The number of rotatable bonds is 3. The molecule has 0 aliphatic carbocycles. The van der Waals surface area contributed by atoms with Gasteiger partial charge in [-0.25, -0.2) is 6.57 Å². The summed E-state index contributed by atoms with van der Waals surface area (Å²) in [4.78, 5) is 1.69. The van der Waals surface area contributed by atoms with Gasteiger partial charge in [0.25, 0.3) is 6.54 Å². The van der Waals surface area contributed by atoms with Crippen molar-refractivity contribution in [2.24, 2.45) is 0 Å². The van der Waals surface area contributed by atoms with Gasteiger partial charge in [0.2, 0.25) is 0 Å². The highest BCUT2D eigenvalue weighted by Gasteiger charge is 2.82. The molecule has 10 heteroatoms. The lowest BCUT2D eigenvalue weighted by Crippen LogP contribution is -2.61. The summed E-state index contributed by atoms with van der Waals surface area (Å²) in [5.74, 6) is -19.4. The molecule has 0 saturated heterocycles. The molecule has 0 fully saturated rings. The smallest absolute Gasteiger partial charge is 0.310 e. The normalized spacial score (nSPS) is 14.8. The van der Waals surface area contributed by atoms with Gasteiger partial charge < -0.3 is 4.85 Å². The molecule has 0 N–H and O–H groups in total. The minimum Gasteiger partial charge on any atom is -0.310 e. The van der Waals surface area contributed by atoms with Gasteiger partial charge >= 0.3 is 23.9 Å². The maximum atomic E-state index is 12.3. The predicted molar refractivity (Wildman–Crippen MR) is 32.4 cm³/mol. The average molecular weight is 259 g/mol. The summed E-state index contributed by atoms with van der Waals surface area (Å²) >= 11 is 0. The first kappa shape index (κ1) is 14.9. The molecule has 0 radical (unpaired) electrons. The zero-order chi connectivity index (χ0) is 13.4. The van der Waals surface area contributed by atoms with Gasteiger partial charge in [-0.1, -0.05) is 0 Å². The zero-order valence-electron chi connectivity index (χ0n) is 7.06. The van der Waals surface area contributed by atoms with Crippen molar-refractivity contribution >= 4 is 0 Å². The Balaban J connectivity index is 5.45. The Kier molecular flexibility index (Phi) is 3.44. The fourth-order valence-corrected chi connectivity index (χ4v) is 0.606. The maximum Gasteiger partial charge on any atom is 0.460 e. The summed E-state index contributed by atoms with van der Waals surface area (Å²) in [5.41, 5.74) is 0. The molecule has 0 bridgehead atoms. The fourth-order valence-electron chi connectivity index (χ4n) is 0.606. The number of halogens is 9. The minimum absolute atomic E-state index is 1.69. The quantitative estimate of drug-likeness (QED) is 0.540. The van der Waals surface area contributed by atoms with E-state index in [0.29, 0.717) is 0 Å². The van der Waals surface area contributed by atoms with Crippen LogP contribution in [0.3, 0.4) is 0 Å². The van der Waals surface area contributed by atoms with Crippen molar-refractivity contribution in [1.82, 2.24) is 0 Å². The molecule has 0 aliphatic rings. The zero-order valence-corrected chi connectivity index (χ0v) is 7.06. The van der Waals surface area contributed by atoms with E-state index in [4.69, 9.17) is 6.57 Å². The Hall–Kier alpha value is -1.14. The SMILES string of the molecule is [C-]#[N+]CC(F)(F)C(F)(F)C(F)(F)C(F)(F)F. The first-order valence-electron chi connectivity index (χ1n) is 3.34. The third-order valence-corrected chi connectivity index (χ3v) is 1.49. The van der Waals surface area contributed by atoms with E-state index in [9.17, 15) is 39.5 Å². The van der Waals surface area contributed by atoms with Gasteiger partial charge in [0.05, 0.1) is 0 Å². The summed E-state index contributed by atoms with van der Waals surface area (Å²) < 4.78 is 108. The largest absolute Gasteiger partial charge is 0.460 e. The van der Waals surface area contributed by atoms with Crippen LogP contribution in [0.4, 0.5) is 39.5 Å². The monoisotopic (exact) mass is 259 g/mol. The van der Waals surface area contributed by atoms with Gasteiger partial charge in [-0.15, -0.1) is 0 Å². The average Bonchev–Trinajstić information content (AvgIpc) is 2.01. The second-order valence-electron chi connectivity index (χ2n) is 2.67. The molecule has 0 heterocycles. The summed E-state index contributed by atoms with van der Waals surface area (Å²) in [6, 6.07) is 0. The lowest BCUT2D eigenvalue weighted by molar-refractivity contribution is -0.393. The number of nitrogens with zero attached hydrogens (tertiary/aromatic N) is 1. The molecule has 0 aromatic heterocycles. The minimum atomic E-state index is -6.91. The maximum absolute atomic E-state index is 12.3. The van der Waals surface area contributed by atoms with Gasteiger partial charge in [0.15, 0.2) is 0 Å². The summed E-state index contributed by atoms with van der Waals surface area (Å²) in [5, 5.41) is 0. The van der Waals surface area contributed by atoms with Crippen LogP contribution in [0.2, 0.25) is 0 Å². The molecular weight excluding hydrogens is 257 g/mol. The first-order valence-corrected chi connectivity index (χ1v) is 3.34. The van der Waals surface area contributed by atoms with E-state index in [0.717, 1.165) is 0 Å². The van der Waals surface area contributed by atoms with Crippen LogP contribution in [0.1, 0.15) is 0 Å². The Morgan fingerprint density at radius 2 is 1.12 bits per heavy atom. The van der Waals surface area contributed by atoms with E-state index in [1.54, 1.807) is 4.85 Å². The Morgan fingerprint density at radius 1 is 0.750 bits per heavy atom. The van der Waals surface area contributed by atoms with Crippen molar-refractivity contribution in [2.75, 3.05) is 6.54 Å². The number of hydrogen-bond donors (Lipinski definition) is 0. The van der Waals surface area contributed by atoms with Crippen LogP contribution in [0.15, 0.2) is 0 Å². The molecule has 0 amide bonds. The van der Waals surface area contributed by atoms with Crippen LogP contribution in [0.5, 0.6) is 0 Å². The molecule has 0 saturated carbocycles. The fraction of sp³-hybridized carbons (Fsp3) is 0.833. The molecular formula is C6H2F9N. The first-order chi connectivity index (χ1) is 6.81. The van der Waals surface area contributed by atoms with Crippen LogP contribution in [0.25, 0.3) is 4.85 Å². The van der Waals surface area contributed by atoms with Crippen molar-refractivity contribution < 1.29 is 39.5 Å². The number of hydrogen-bond acceptors (Lipinski definition) is 0. The van der Waals surface area contributed by atoms with Crippen LogP contribution < -0.4 is 0 Å². The summed E-state index contributed by atoms with van der Waals surface area (Å²) in [6.07, 6.45) is -6.83. The van der Waals surface area contributed by atoms with E-state index >= 15 is 0 Å². The van der Waals surface area contributed by atoms with Gasteiger partial charge in [0.1, 0.15) is 0 Å². The van der Waals surface area contributed by atoms with Crippen molar-refractivity contribution in [2.45, 2.75) is 23.9 Å². The van der Waals surface area contributed by atoms with E-state index in [1.807, 2.05) is 0 Å². The molecule has 0 spiro atoms. The molecule has 0 unspecified atom stereocenters. The third kappa shape index (κ3) is 2.03. The topological polar surface area (TPSA) is 4.36 Å². The van der Waals surface area contributed by atoms with E-state index < -0.39 is 30.5 Å². The highest BCUT2D eigenvalue weighted by molar-refractivity contribution is 5.02. The van der Waals surface area contributed by atoms with Crippen LogP contribution in [-0.4, -0.2) is 30.5 Å². The third-order valence-electron chi connectivity index (χ3n) is 1.49. The highest BCUT2D eigenvalue weighted by atomic mass is 19.4. The molecule has 0 atom stereocenters. The van der Waals surface area contributed by atoms with Crippen molar-refractivity contribution in [1.29, 1.82) is 0 Å². The molecule has 94 valence electrons. The van der Waals surface area contributed by atoms with E-state index in [2.05, 4.69) is 0 Å². The molecule has 0 aliphatic heterocycles. The van der Waals surface area contributed by atoms with Crippen molar-refractivity contribution in [3.63, 3.8) is 0 Å². The second kappa shape index (κ2) is 3.71.